The summed E-state index contributed by atoms with van der Waals surface area (Å²) in [5.74, 6) is 4.39. The van der Waals surface area contributed by atoms with Crippen LogP contribution in [0.3, 0.4) is 0 Å². The van der Waals surface area contributed by atoms with Crippen molar-refractivity contribution in [2.24, 2.45) is 0 Å². The zero-order valence-electron chi connectivity index (χ0n) is 53.5. The minimum atomic E-state index is 0. The van der Waals surface area contributed by atoms with Gasteiger partial charge in [-0.1, -0.05) is 48.5 Å². The Bertz CT molecular complexity index is 2900. The summed E-state index contributed by atoms with van der Waals surface area (Å²) in [7, 11) is 6.60. The number of anilines is 2. The van der Waals surface area contributed by atoms with Crippen molar-refractivity contribution in [3.63, 3.8) is 0 Å². The van der Waals surface area contributed by atoms with Crippen molar-refractivity contribution < 1.29 is 126 Å². The number of methoxy groups -OCH3 is 4. The molecule has 0 aliphatic carbocycles. The Balaban J connectivity index is 0.00000496. The van der Waals surface area contributed by atoms with Gasteiger partial charge in [0, 0.05) is 111 Å². The first-order valence-electron chi connectivity index (χ1n) is 30.3. The molecule has 0 saturated heterocycles. The fourth-order valence-electron chi connectivity index (χ4n) is 9.70. The Morgan fingerprint density at radius 2 is 0.615 bits per heavy atom. The summed E-state index contributed by atoms with van der Waals surface area (Å²) in [5.41, 5.74) is 22.1. The second kappa shape index (κ2) is 45.6. The molecule has 0 saturated carbocycles. The van der Waals surface area contributed by atoms with Gasteiger partial charge < -0.3 is 87.3 Å². The van der Waals surface area contributed by atoms with E-state index in [0.717, 1.165) is 56.0 Å². The average molecular weight is 1700 g/mol. The SMILES string of the molecule is COCCOCCOCCOc1cc2c(cc1OCCOCCOCCOC)[n+](Cc1ccc(N)cc1)c(C)n2Cc1ccccc1Cn1c(C)[n+](Cc2ccc(N)cc2)c2cc(OCCOCCOCCOC)c(OCCOCCOCCOC)cc21.[Au].[Br][Au]. The number of aromatic nitrogens is 4. The summed E-state index contributed by atoms with van der Waals surface area (Å²) in [6, 6.07) is 32.9. The molecule has 7 rings (SSSR count). The Morgan fingerprint density at radius 3 is 0.890 bits per heavy atom. The molecule has 1 radical (unpaired) electrons. The number of nitrogens with two attached hydrogens (primary N) is 2. The third-order valence-corrected chi connectivity index (χ3v) is 14.4. The molecule has 0 unspecified atom stereocenters. The molecule has 0 bridgehead atoms. The number of hydrogen-bond acceptors (Lipinski definition) is 18. The predicted octanol–water partition coefficient (Wildman–Crippen LogP) is 7.22. The zero-order chi connectivity index (χ0) is 64.0. The fourth-order valence-corrected chi connectivity index (χ4v) is 9.70. The fraction of sp³-hybridized carbons (Fsp3) is 0.515. The molecule has 0 atom stereocenters. The van der Waals surface area contributed by atoms with Crippen LogP contribution < -0.4 is 39.5 Å². The van der Waals surface area contributed by atoms with Crippen molar-refractivity contribution in [3.8, 4) is 23.0 Å². The monoisotopic (exact) mass is 1700 g/mol. The first kappa shape index (κ1) is 77.0. The van der Waals surface area contributed by atoms with Crippen molar-refractivity contribution in [2.75, 3.05) is 198 Å². The zero-order valence-corrected chi connectivity index (χ0v) is 59.4. The number of fused-ring (bicyclic) bond motifs is 2. The molecule has 0 amide bonds. The van der Waals surface area contributed by atoms with E-state index in [-0.39, 0.29) is 48.8 Å². The molecule has 22 nitrogen and oxygen atoms in total. The van der Waals surface area contributed by atoms with E-state index < -0.39 is 0 Å². The van der Waals surface area contributed by atoms with Gasteiger partial charge >= 0.3 is 32.0 Å². The van der Waals surface area contributed by atoms with Gasteiger partial charge in [-0.05, 0) is 35.4 Å². The van der Waals surface area contributed by atoms with Crippen molar-refractivity contribution in [1.29, 1.82) is 0 Å². The molecule has 2 heterocycles. The van der Waals surface area contributed by atoms with Gasteiger partial charge in [-0.25, -0.2) is 18.3 Å². The van der Waals surface area contributed by atoms with E-state index in [0.29, 0.717) is 193 Å². The summed E-state index contributed by atoms with van der Waals surface area (Å²) in [6.07, 6.45) is 0. The summed E-state index contributed by atoms with van der Waals surface area (Å²) in [5, 5.41) is 0. The van der Waals surface area contributed by atoms with E-state index in [1.165, 1.54) is 0 Å². The second-order valence-electron chi connectivity index (χ2n) is 20.5. The number of hydrogen-bond donors (Lipinski definition) is 2. The van der Waals surface area contributed by atoms with Gasteiger partial charge in [0.2, 0.25) is 0 Å². The molecule has 0 spiro atoms. The minimum absolute atomic E-state index is 0. The van der Waals surface area contributed by atoms with Crippen molar-refractivity contribution in [1.82, 2.24) is 9.13 Å². The maximum atomic E-state index is 6.56. The van der Waals surface area contributed by atoms with Crippen molar-refractivity contribution in [3.05, 3.63) is 131 Å². The molecule has 4 N–H and O–H groups in total. The molecule has 25 heteroatoms. The van der Waals surface area contributed by atoms with E-state index in [2.05, 4.69) is 137 Å². The molecule has 7 aromatic rings. The standard InChI is InChI=1S/C66H94N6O16.2Au.BrH/c1-51-69(47-53-11-15-57(67)16-12-53)59-43-63(85-39-35-81-31-27-77-23-19-73-3)65(87-41-37-83-33-29-79-25-21-75-5)45-61(59)71(51)49-55-9-7-8-10-56(55)50-72-52(2)70(48-54-13-17-58(68)18-14-54)60-44-64(86-40-36-82-32-28-78-24-20-74-4)66(46-62(60)72)88-42-38-84-34-30-80-26-22-76-6;;;/h7-18,43-46H,19-42,47-50,67-68H2,1-6H3;;;1H/q+2;;+1;/p-1. The van der Waals surface area contributed by atoms with Crippen LogP contribution in [-0.2, 0) is 124 Å². The average Bonchev–Trinajstić information content (AvgIpc) is 1.64. The topological polar surface area (TPSA) is 217 Å². The summed E-state index contributed by atoms with van der Waals surface area (Å²) < 4.78 is 102. The first-order chi connectivity index (χ1) is 44.2. The van der Waals surface area contributed by atoms with Gasteiger partial charge in [-0.2, -0.15) is 0 Å². The van der Waals surface area contributed by atoms with Crippen LogP contribution in [0.2, 0.25) is 0 Å². The third-order valence-electron chi connectivity index (χ3n) is 14.4. The van der Waals surface area contributed by atoms with Crippen LogP contribution in [0.4, 0.5) is 11.4 Å². The van der Waals surface area contributed by atoms with Crippen molar-refractivity contribution in [2.45, 2.75) is 40.0 Å². The molecule has 511 valence electrons. The molecule has 0 aliphatic rings. The summed E-state index contributed by atoms with van der Waals surface area (Å²) in [6.45, 7) is 16.7. The van der Waals surface area contributed by atoms with Crippen LogP contribution in [-0.4, -0.2) is 196 Å². The van der Waals surface area contributed by atoms with E-state index in [9.17, 15) is 0 Å². The number of nitrogen functional groups attached to an aromatic ring is 2. The normalized spacial score (nSPS) is 11.3. The van der Waals surface area contributed by atoms with Gasteiger partial charge in [0.15, 0.2) is 45.1 Å². The number of benzene rings is 5. The van der Waals surface area contributed by atoms with Crippen LogP contribution >= 0.6 is 13.0 Å². The number of imidazole rings is 2. The molecule has 2 aromatic heterocycles. The van der Waals surface area contributed by atoms with Gasteiger partial charge in [0.05, 0.1) is 132 Å². The Morgan fingerprint density at radius 1 is 0.363 bits per heavy atom. The number of ether oxygens (including phenoxy) is 16. The molecule has 5 aromatic carbocycles. The molecule has 0 aliphatic heterocycles. The van der Waals surface area contributed by atoms with Crippen LogP contribution in [0, 0.1) is 13.8 Å². The quantitative estimate of drug-likeness (QED) is 0.0167. The number of rotatable bonds is 48. The summed E-state index contributed by atoms with van der Waals surface area (Å²) in [4.78, 5) is 0. The first-order valence-corrected chi connectivity index (χ1v) is 35.0. The Kier molecular flexibility index (Phi) is 38.6. The number of nitrogens with zero attached hydrogens (tertiary/aromatic N) is 4. The van der Waals surface area contributed by atoms with Gasteiger partial charge in [0.25, 0.3) is 11.6 Å². The predicted molar refractivity (Wildman–Crippen MR) is 343 cm³/mol. The Hall–Kier alpha value is -4.68. The molecular formula is C66H94Au2BrN6O16+2. The van der Waals surface area contributed by atoms with Crippen molar-refractivity contribution >= 4 is 46.5 Å². The van der Waals surface area contributed by atoms with Gasteiger partial charge in [-0.3, -0.25) is 0 Å². The Labute approximate surface area is 570 Å². The molecule has 91 heavy (non-hydrogen) atoms. The maximum absolute atomic E-state index is 6.56. The van der Waals surface area contributed by atoms with Gasteiger partial charge in [-0.15, -0.1) is 0 Å². The van der Waals surface area contributed by atoms with Crippen LogP contribution in [0.25, 0.3) is 22.1 Å². The second-order valence-corrected chi connectivity index (χ2v) is 20.5. The third kappa shape index (κ3) is 26.2. The van der Waals surface area contributed by atoms with Crippen LogP contribution in [0.15, 0.2) is 97.1 Å². The van der Waals surface area contributed by atoms with E-state index >= 15 is 0 Å². The van der Waals surface area contributed by atoms with Crippen LogP contribution in [0.5, 0.6) is 23.0 Å². The summed E-state index contributed by atoms with van der Waals surface area (Å²) >= 11 is 4.97. The number of halogens is 1. The van der Waals surface area contributed by atoms with Gasteiger partial charge in [0.1, 0.15) is 52.6 Å². The van der Waals surface area contributed by atoms with E-state index in [1.54, 1.807) is 28.4 Å². The van der Waals surface area contributed by atoms with Crippen LogP contribution in [0.1, 0.15) is 33.9 Å². The molecule has 0 fully saturated rings. The van der Waals surface area contributed by atoms with E-state index in [1.807, 2.05) is 24.3 Å². The molecular weight excluding hydrogens is 1610 g/mol. The van der Waals surface area contributed by atoms with E-state index in [4.69, 9.17) is 87.3 Å².